The summed E-state index contributed by atoms with van der Waals surface area (Å²) in [5.41, 5.74) is 0. The molecule has 0 aromatic rings. The Kier molecular flexibility index (Phi) is 41.1. The molecule has 61 heavy (non-hydrogen) atoms. The number of carboxylic acids is 1. The SMILES string of the molecule is CC/C=C/C/C=C/C/C=C/CCCCCCCCCCCCC(=O)OC(COCCC(C(=O)O)[N+](C)(C)C)COC(=O)CCC/C=C/C/C=C/C/C=C/CCCCCCCC. The number of carbonyl (C=O) groups is 3. The molecular formula is C53H92NO7+. The number of carbonyl (C=O) groups excluding carboxylic acids is 2. The number of nitrogens with zero attached hydrogens (tertiary/aromatic N) is 1. The van der Waals surface area contributed by atoms with Crippen LogP contribution in [0.2, 0.25) is 0 Å². The van der Waals surface area contributed by atoms with Gasteiger partial charge < -0.3 is 23.8 Å². The largest absolute Gasteiger partial charge is 0.477 e. The number of esters is 2. The van der Waals surface area contributed by atoms with E-state index in [4.69, 9.17) is 14.2 Å². The molecule has 0 aliphatic heterocycles. The maximum absolute atomic E-state index is 12.8. The van der Waals surface area contributed by atoms with Crippen LogP contribution in [-0.4, -0.2) is 80.6 Å². The van der Waals surface area contributed by atoms with Crippen molar-refractivity contribution >= 4 is 17.9 Å². The van der Waals surface area contributed by atoms with Gasteiger partial charge in [-0.25, -0.2) is 4.79 Å². The van der Waals surface area contributed by atoms with Crippen molar-refractivity contribution in [3.63, 3.8) is 0 Å². The van der Waals surface area contributed by atoms with E-state index >= 15 is 0 Å². The Balaban J connectivity index is 4.36. The Morgan fingerprint density at radius 3 is 1.41 bits per heavy atom. The monoisotopic (exact) mass is 855 g/mol. The van der Waals surface area contributed by atoms with E-state index in [2.05, 4.69) is 86.8 Å². The molecule has 0 fully saturated rings. The summed E-state index contributed by atoms with van der Waals surface area (Å²) in [7, 11) is 5.51. The van der Waals surface area contributed by atoms with Gasteiger partial charge in [0.2, 0.25) is 0 Å². The van der Waals surface area contributed by atoms with Gasteiger partial charge in [-0.15, -0.1) is 0 Å². The maximum Gasteiger partial charge on any atom is 0.362 e. The second kappa shape index (κ2) is 43.4. The third kappa shape index (κ3) is 41.9. The minimum atomic E-state index is -0.884. The van der Waals surface area contributed by atoms with Crippen LogP contribution in [-0.2, 0) is 28.6 Å². The highest BCUT2D eigenvalue weighted by atomic mass is 16.6. The fraction of sp³-hybridized carbons (Fsp3) is 0.717. The summed E-state index contributed by atoms with van der Waals surface area (Å²) >= 11 is 0. The first-order valence-electron chi connectivity index (χ1n) is 24.5. The van der Waals surface area contributed by atoms with Gasteiger partial charge in [-0.05, 0) is 77.0 Å². The number of quaternary nitrogens is 1. The third-order valence-electron chi connectivity index (χ3n) is 10.6. The van der Waals surface area contributed by atoms with Crippen LogP contribution in [0.1, 0.15) is 194 Å². The van der Waals surface area contributed by atoms with Crippen LogP contribution in [0.4, 0.5) is 0 Å². The van der Waals surface area contributed by atoms with Crippen LogP contribution in [0.3, 0.4) is 0 Å². The maximum atomic E-state index is 12.8. The molecule has 2 unspecified atom stereocenters. The van der Waals surface area contributed by atoms with Gasteiger partial charge in [-0.1, -0.05) is 170 Å². The van der Waals surface area contributed by atoms with Crippen LogP contribution in [0.15, 0.2) is 72.9 Å². The molecule has 0 radical (unpaired) electrons. The normalized spacial score (nSPS) is 13.5. The molecule has 350 valence electrons. The highest BCUT2D eigenvalue weighted by Gasteiger charge is 2.31. The van der Waals surface area contributed by atoms with Crippen molar-refractivity contribution in [3.05, 3.63) is 72.9 Å². The molecule has 1 N–H and O–H groups in total. The van der Waals surface area contributed by atoms with Crippen molar-refractivity contribution in [3.8, 4) is 0 Å². The summed E-state index contributed by atoms with van der Waals surface area (Å²) in [6.45, 7) is 4.56. The van der Waals surface area contributed by atoms with Crippen molar-refractivity contribution in [2.45, 2.75) is 206 Å². The van der Waals surface area contributed by atoms with E-state index in [1.165, 1.54) is 96.3 Å². The van der Waals surface area contributed by atoms with Gasteiger partial charge in [0.05, 0.1) is 34.4 Å². The minimum absolute atomic E-state index is 0.0411. The minimum Gasteiger partial charge on any atom is -0.477 e. The molecule has 0 aromatic heterocycles. The van der Waals surface area contributed by atoms with Crippen LogP contribution in [0.5, 0.6) is 0 Å². The first kappa shape index (κ1) is 57.8. The van der Waals surface area contributed by atoms with E-state index in [1.54, 1.807) is 0 Å². The highest BCUT2D eigenvalue weighted by Crippen LogP contribution is 2.14. The number of aliphatic carboxylic acids is 1. The standard InChI is InChI=1S/C53H91NO7/c1-6-8-10-12-14-16-18-20-22-24-25-26-28-30-32-34-36-38-40-42-44-52(56)61-49(47-59-46-45-50(53(57)58)54(3,4)5)48-60-51(55)43-41-39-37-35-33-31-29-27-23-21-19-17-15-13-11-9-7-2/h8,10,14,16,20-23,29,31,35,37,49-50H,6-7,9,11-13,15,17-19,24-28,30,32-34,36,38-48H2,1-5H3/p+1/b10-8+,16-14+,22-20+,23-21+,31-29+,37-35+. The summed E-state index contributed by atoms with van der Waals surface area (Å²) < 4.78 is 17.3. The van der Waals surface area contributed by atoms with Crippen LogP contribution in [0.25, 0.3) is 0 Å². The van der Waals surface area contributed by atoms with Crippen LogP contribution < -0.4 is 0 Å². The number of hydrogen-bond acceptors (Lipinski definition) is 6. The Morgan fingerprint density at radius 2 is 0.934 bits per heavy atom. The van der Waals surface area contributed by atoms with E-state index in [-0.39, 0.29) is 42.7 Å². The fourth-order valence-corrected chi connectivity index (χ4v) is 6.83. The number of allylic oxidation sites excluding steroid dienone is 12. The van der Waals surface area contributed by atoms with E-state index in [9.17, 15) is 19.5 Å². The van der Waals surface area contributed by atoms with Crippen LogP contribution in [0, 0.1) is 0 Å². The molecule has 0 amide bonds. The van der Waals surface area contributed by atoms with Crippen molar-refractivity contribution in [1.82, 2.24) is 0 Å². The summed E-state index contributed by atoms with van der Waals surface area (Å²) in [5.74, 6) is -1.54. The lowest BCUT2D eigenvalue weighted by Crippen LogP contribution is -2.50. The lowest BCUT2D eigenvalue weighted by atomic mass is 10.0. The molecule has 8 nitrogen and oxygen atoms in total. The molecule has 0 spiro atoms. The van der Waals surface area contributed by atoms with Gasteiger partial charge in [0, 0.05) is 19.3 Å². The Bertz CT molecular complexity index is 1230. The third-order valence-corrected chi connectivity index (χ3v) is 10.6. The summed E-state index contributed by atoms with van der Waals surface area (Å²) in [6, 6.07) is -0.626. The molecular weight excluding hydrogens is 763 g/mol. The molecule has 0 rings (SSSR count). The number of rotatable bonds is 43. The predicted molar refractivity (Wildman–Crippen MR) is 257 cm³/mol. The first-order chi connectivity index (χ1) is 29.6. The molecule has 0 heterocycles. The Hall–Kier alpha value is -3.23. The van der Waals surface area contributed by atoms with E-state index in [0.717, 1.165) is 57.8 Å². The van der Waals surface area contributed by atoms with E-state index in [0.29, 0.717) is 19.3 Å². The van der Waals surface area contributed by atoms with Gasteiger partial charge in [0.25, 0.3) is 0 Å². The van der Waals surface area contributed by atoms with Crippen molar-refractivity contribution in [1.29, 1.82) is 0 Å². The predicted octanol–water partition coefficient (Wildman–Crippen LogP) is 13.9. The molecule has 0 aromatic carbocycles. The number of hydrogen-bond donors (Lipinski definition) is 1. The first-order valence-corrected chi connectivity index (χ1v) is 24.5. The van der Waals surface area contributed by atoms with Gasteiger partial charge in [0.15, 0.2) is 12.1 Å². The van der Waals surface area contributed by atoms with Crippen LogP contribution >= 0.6 is 0 Å². The second-order valence-corrected chi connectivity index (χ2v) is 17.3. The topological polar surface area (TPSA) is 99.1 Å². The second-order valence-electron chi connectivity index (χ2n) is 17.3. The van der Waals surface area contributed by atoms with Gasteiger partial charge in [-0.3, -0.25) is 9.59 Å². The average molecular weight is 855 g/mol. The van der Waals surface area contributed by atoms with Gasteiger partial charge in [0.1, 0.15) is 6.61 Å². The number of unbranched alkanes of at least 4 members (excludes halogenated alkanes) is 17. The van der Waals surface area contributed by atoms with E-state index < -0.39 is 18.1 Å². The number of ether oxygens (including phenoxy) is 3. The molecule has 0 bridgehead atoms. The zero-order chi connectivity index (χ0) is 44.9. The van der Waals surface area contributed by atoms with Gasteiger partial charge in [-0.2, -0.15) is 0 Å². The smallest absolute Gasteiger partial charge is 0.362 e. The molecule has 8 heteroatoms. The zero-order valence-electron chi connectivity index (χ0n) is 39.8. The number of likely N-dealkylation sites (N-methyl/N-ethyl adjacent to an activating group) is 1. The lowest BCUT2D eigenvalue weighted by Gasteiger charge is -2.31. The van der Waals surface area contributed by atoms with E-state index in [1.807, 2.05) is 21.1 Å². The fourth-order valence-electron chi connectivity index (χ4n) is 6.83. The Labute approximate surface area is 374 Å². The quantitative estimate of drug-likeness (QED) is 0.0282. The Morgan fingerprint density at radius 1 is 0.508 bits per heavy atom. The molecule has 0 saturated carbocycles. The lowest BCUT2D eigenvalue weighted by molar-refractivity contribution is -0.887. The summed E-state index contributed by atoms with van der Waals surface area (Å²) in [6.07, 6.45) is 55.3. The van der Waals surface area contributed by atoms with Crippen molar-refractivity contribution in [2.75, 3.05) is 41.0 Å². The van der Waals surface area contributed by atoms with Gasteiger partial charge >= 0.3 is 17.9 Å². The molecule has 0 aliphatic rings. The average Bonchev–Trinajstić information content (AvgIpc) is 3.22. The van der Waals surface area contributed by atoms with Crippen molar-refractivity contribution < 1.29 is 38.2 Å². The molecule has 0 saturated heterocycles. The van der Waals surface area contributed by atoms with Crippen molar-refractivity contribution in [2.24, 2.45) is 0 Å². The molecule has 0 aliphatic carbocycles. The summed E-state index contributed by atoms with van der Waals surface area (Å²) in [5, 5.41) is 9.64. The molecule has 2 atom stereocenters. The summed E-state index contributed by atoms with van der Waals surface area (Å²) in [4.78, 5) is 37.1. The highest BCUT2D eigenvalue weighted by molar-refractivity contribution is 5.72. The zero-order valence-corrected chi connectivity index (χ0v) is 39.8. The number of carboxylic acid groups (broad SMARTS) is 1.